The number of benzene rings is 2. The Balaban J connectivity index is 0.00000364. The molecule has 0 unspecified atom stereocenters. The van der Waals surface area contributed by atoms with Gasteiger partial charge in [0.25, 0.3) is 0 Å². The number of primary amides is 1. The highest BCUT2D eigenvalue weighted by Crippen LogP contribution is 2.24. The summed E-state index contributed by atoms with van der Waals surface area (Å²) >= 11 is 0. The van der Waals surface area contributed by atoms with E-state index in [9.17, 15) is 9.90 Å². The third kappa shape index (κ3) is 7.48. The lowest BCUT2D eigenvalue weighted by Gasteiger charge is -2.11. The number of anilines is 2. The van der Waals surface area contributed by atoms with Gasteiger partial charge in [-0.3, -0.25) is 0 Å². The molecule has 0 bridgehead atoms. The zero-order valence-electron chi connectivity index (χ0n) is 15.6. The molecule has 2 aromatic rings. The second-order valence-electron chi connectivity index (χ2n) is 6.37. The number of carbonyl (C=O) groups is 1. The number of hydrogen-bond acceptors (Lipinski definition) is 4. The van der Waals surface area contributed by atoms with E-state index in [1.807, 2.05) is 12.1 Å². The molecule has 0 saturated carbocycles. The van der Waals surface area contributed by atoms with Gasteiger partial charge in [-0.15, -0.1) is 17.0 Å². The van der Waals surface area contributed by atoms with Crippen LogP contribution in [-0.2, 0) is 19.3 Å². The number of nitrogens with one attached hydrogen (secondary N) is 2. The molecule has 0 radical (unpaired) electrons. The van der Waals surface area contributed by atoms with Crippen molar-refractivity contribution >= 4 is 34.4 Å². The summed E-state index contributed by atoms with van der Waals surface area (Å²) in [5, 5.41) is 15.6. The summed E-state index contributed by atoms with van der Waals surface area (Å²) < 4.78 is 0. The van der Waals surface area contributed by atoms with Crippen LogP contribution in [0.15, 0.2) is 36.4 Å². The Bertz CT molecular complexity index is 753. The number of phenols is 1. The number of phenolic OH excluding ortho intramolecular Hbond substituents is 1. The summed E-state index contributed by atoms with van der Waals surface area (Å²) in [5.74, 6) is 0.00677. The highest BCUT2D eigenvalue weighted by molar-refractivity contribution is 8.93. The number of amides is 2. The topological polar surface area (TPSA) is 113 Å². The number of hydrogen-bond donors (Lipinski definition) is 5. The second kappa shape index (κ2) is 11.5. The van der Waals surface area contributed by atoms with Gasteiger partial charge in [0.15, 0.2) is 0 Å². The average molecular weight is 437 g/mol. The lowest BCUT2D eigenvalue weighted by Crippen LogP contribution is -2.21. The maximum atomic E-state index is 10.9. The van der Waals surface area contributed by atoms with Crippen molar-refractivity contribution in [2.75, 3.05) is 24.1 Å². The SMILES string of the molecule is Br.CCCc1cc(N)ccc1CCNCCc1ccc(O)c(NC(N)=O)c1. The van der Waals surface area contributed by atoms with Crippen molar-refractivity contribution in [3.8, 4) is 5.75 Å². The molecule has 0 aromatic heterocycles. The summed E-state index contributed by atoms with van der Waals surface area (Å²) in [6, 6.07) is 10.6. The van der Waals surface area contributed by atoms with Gasteiger partial charge in [-0.1, -0.05) is 25.5 Å². The number of aromatic hydroxyl groups is 1. The van der Waals surface area contributed by atoms with Crippen LogP contribution in [0.5, 0.6) is 5.75 Å². The third-order valence-corrected chi connectivity index (χ3v) is 4.23. The number of nitrogens with two attached hydrogens (primary N) is 2. The van der Waals surface area contributed by atoms with Crippen LogP contribution in [0.25, 0.3) is 0 Å². The number of halogens is 1. The van der Waals surface area contributed by atoms with Crippen molar-refractivity contribution in [3.05, 3.63) is 53.1 Å². The standard InChI is InChI=1S/C20H28N4O2.BrH/c1-2-3-16-13-17(21)6-5-15(16)9-11-23-10-8-14-4-7-19(25)18(12-14)24-20(22)26;/h4-7,12-13,23,25H,2-3,8-11,21H2,1H3,(H3,22,24,26);1H. The van der Waals surface area contributed by atoms with Gasteiger partial charge in [0.1, 0.15) is 5.75 Å². The van der Waals surface area contributed by atoms with Gasteiger partial charge in [0.05, 0.1) is 5.69 Å². The Morgan fingerprint density at radius 3 is 2.48 bits per heavy atom. The van der Waals surface area contributed by atoms with Crippen molar-refractivity contribution < 1.29 is 9.90 Å². The third-order valence-electron chi connectivity index (χ3n) is 4.23. The van der Waals surface area contributed by atoms with E-state index in [0.717, 1.165) is 50.0 Å². The monoisotopic (exact) mass is 436 g/mol. The van der Waals surface area contributed by atoms with Gasteiger partial charge in [0.2, 0.25) is 0 Å². The fraction of sp³-hybridized carbons (Fsp3) is 0.350. The molecule has 0 heterocycles. The number of nitrogen functional groups attached to an aromatic ring is 1. The molecule has 0 atom stereocenters. The Kier molecular flexibility index (Phi) is 9.67. The quantitative estimate of drug-likeness (QED) is 0.235. The van der Waals surface area contributed by atoms with E-state index in [1.165, 1.54) is 11.1 Å². The molecule has 0 fully saturated rings. The van der Waals surface area contributed by atoms with Gasteiger partial charge >= 0.3 is 6.03 Å². The fourth-order valence-electron chi connectivity index (χ4n) is 2.94. The predicted octanol–water partition coefficient (Wildman–Crippen LogP) is 3.37. The van der Waals surface area contributed by atoms with E-state index >= 15 is 0 Å². The zero-order chi connectivity index (χ0) is 18.9. The van der Waals surface area contributed by atoms with Gasteiger partial charge in [-0.05, 0) is 73.3 Å². The van der Waals surface area contributed by atoms with Gasteiger partial charge in [-0.25, -0.2) is 4.79 Å². The van der Waals surface area contributed by atoms with Crippen molar-refractivity contribution in [1.29, 1.82) is 0 Å². The Labute approximate surface area is 171 Å². The van der Waals surface area contributed by atoms with Crippen LogP contribution in [0, 0.1) is 0 Å². The van der Waals surface area contributed by atoms with Gasteiger partial charge < -0.3 is 27.2 Å². The van der Waals surface area contributed by atoms with Crippen molar-refractivity contribution in [3.63, 3.8) is 0 Å². The van der Waals surface area contributed by atoms with Crippen molar-refractivity contribution in [2.24, 2.45) is 5.73 Å². The zero-order valence-corrected chi connectivity index (χ0v) is 17.3. The Morgan fingerprint density at radius 1 is 1.04 bits per heavy atom. The smallest absolute Gasteiger partial charge is 0.316 e. The molecule has 0 spiro atoms. The molecular weight excluding hydrogens is 408 g/mol. The van der Waals surface area contributed by atoms with E-state index in [1.54, 1.807) is 12.1 Å². The summed E-state index contributed by atoms with van der Waals surface area (Å²) in [5.41, 5.74) is 15.8. The van der Waals surface area contributed by atoms with Crippen LogP contribution in [0.1, 0.15) is 30.0 Å². The molecule has 148 valence electrons. The highest BCUT2D eigenvalue weighted by Gasteiger charge is 2.05. The molecule has 2 amide bonds. The van der Waals surface area contributed by atoms with Crippen LogP contribution in [0.4, 0.5) is 16.2 Å². The minimum Gasteiger partial charge on any atom is -0.506 e. The maximum absolute atomic E-state index is 10.9. The van der Waals surface area contributed by atoms with Crippen LogP contribution < -0.4 is 22.1 Å². The number of rotatable bonds is 9. The van der Waals surface area contributed by atoms with E-state index in [2.05, 4.69) is 29.7 Å². The van der Waals surface area contributed by atoms with Crippen molar-refractivity contribution in [1.82, 2.24) is 5.32 Å². The second-order valence-corrected chi connectivity index (χ2v) is 6.37. The van der Waals surface area contributed by atoms with Crippen LogP contribution in [0.3, 0.4) is 0 Å². The Morgan fingerprint density at radius 2 is 1.78 bits per heavy atom. The summed E-state index contributed by atoms with van der Waals surface area (Å²) in [6.45, 7) is 3.86. The summed E-state index contributed by atoms with van der Waals surface area (Å²) in [6.07, 6.45) is 3.90. The van der Waals surface area contributed by atoms with Crippen molar-refractivity contribution in [2.45, 2.75) is 32.6 Å². The molecule has 27 heavy (non-hydrogen) atoms. The first-order valence-electron chi connectivity index (χ1n) is 8.96. The van der Waals surface area contributed by atoms with E-state index in [4.69, 9.17) is 11.5 Å². The summed E-state index contributed by atoms with van der Waals surface area (Å²) in [4.78, 5) is 10.9. The van der Waals surface area contributed by atoms with Gasteiger partial charge in [-0.2, -0.15) is 0 Å². The molecule has 0 aliphatic heterocycles. The molecule has 7 N–H and O–H groups in total. The van der Waals surface area contributed by atoms with E-state index in [0.29, 0.717) is 5.69 Å². The molecular formula is C20H29BrN4O2. The predicted molar refractivity (Wildman–Crippen MR) is 117 cm³/mol. The number of urea groups is 1. The molecule has 7 heteroatoms. The maximum Gasteiger partial charge on any atom is 0.316 e. The highest BCUT2D eigenvalue weighted by atomic mass is 79.9. The first-order valence-corrected chi connectivity index (χ1v) is 8.96. The molecule has 0 saturated heterocycles. The first kappa shape index (κ1) is 22.8. The van der Waals surface area contributed by atoms with Crippen LogP contribution in [0.2, 0.25) is 0 Å². The average Bonchev–Trinajstić information content (AvgIpc) is 2.59. The minimum absolute atomic E-state index is 0. The summed E-state index contributed by atoms with van der Waals surface area (Å²) in [7, 11) is 0. The lowest BCUT2D eigenvalue weighted by atomic mass is 10.00. The first-order chi connectivity index (χ1) is 12.5. The van der Waals surface area contributed by atoms with Crippen LogP contribution in [-0.4, -0.2) is 24.2 Å². The molecule has 0 aliphatic rings. The molecule has 2 rings (SSSR count). The van der Waals surface area contributed by atoms with Crippen LogP contribution >= 0.6 is 17.0 Å². The number of carbonyl (C=O) groups excluding carboxylic acids is 1. The minimum atomic E-state index is -0.693. The molecule has 6 nitrogen and oxygen atoms in total. The Hall–Kier alpha value is -2.25. The fourth-order valence-corrected chi connectivity index (χ4v) is 2.94. The lowest BCUT2D eigenvalue weighted by molar-refractivity contribution is 0.259. The normalized spacial score (nSPS) is 10.3. The molecule has 0 aliphatic carbocycles. The van der Waals surface area contributed by atoms with E-state index in [-0.39, 0.29) is 22.7 Å². The largest absolute Gasteiger partial charge is 0.506 e. The molecule has 2 aromatic carbocycles. The van der Waals surface area contributed by atoms with E-state index < -0.39 is 6.03 Å². The number of aryl methyl sites for hydroxylation is 1. The van der Waals surface area contributed by atoms with Gasteiger partial charge in [0, 0.05) is 5.69 Å².